The molecular formula is C12H17F. The molecule has 13 heavy (non-hydrogen) atoms. The monoisotopic (exact) mass is 180 g/mol. The van der Waals surface area contributed by atoms with E-state index in [1.165, 1.54) is 18.4 Å². The van der Waals surface area contributed by atoms with E-state index in [4.69, 9.17) is 0 Å². The first-order valence-corrected chi connectivity index (χ1v) is 5.54. The lowest BCUT2D eigenvalue weighted by atomic mass is 9.64. The van der Waals surface area contributed by atoms with Crippen LogP contribution in [0.2, 0.25) is 0 Å². The zero-order chi connectivity index (χ0) is 9.05. The first-order valence-electron chi connectivity index (χ1n) is 5.54. The zero-order valence-corrected chi connectivity index (χ0v) is 8.06. The standard InChI is InChI=1S/C12H17F/c1-8-10-4-9-2-3-12(13,6-10)7-11(8)5-9/h9-11H,1-7H2. The van der Waals surface area contributed by atoms with E-state index in [9.17, 15) is 4.39 Å². The molecule has 4 saturated carbocycles. The van der Waals surface area contributed by atoms with Crippen LogP contribution in [-0.2, 0) is 0 Å². The molecule has 0 nitrogen and oxygen atoms in total. The Labute approximate surface area is 79.2 Å². The van der Waals surface area contributed by atoms with Crippen LogP contribution in [0.15, 0.2) is 12.2 Å². The van der Waals surface area contributed by atoms with Crippen LogP contribution in [0.1, 0.15) is 38.5 Å². The fourth-order valence-corrected chi connectivity index (χ4v) is 3.84. The second kappa shape index (κ2) is 2.37. The third-order valence-electron chi connectivity index (χ3n) is 4.51. The van der Waals surface area contributed by atoms with Crippen molar-refractivity contribution in [2.45, 2.75) is 44.2 Å². The average Bonchev–Trinajstić information content (AvgIpc) is 2.26. The number of allylic oxidation sites excluding steroid dienone is 1. The highest BCUT2D eigenvalue weighted by molar-refractivity contribution is 5.18. The molecule has 0 aromatic carbocycles. The van der Waals surface area contributed by atoms with Gasteiger partial charge in [-0.15, -0.1) is 0 Å². The Hall–Kier alpha value is -0.330. The molecule has 0 aromatic rings. The SMILES string of the molecule is C=C1C2CC3CCC(F)(C2)CC1C3. The van der Waals surface area contributed by atoms with Gasteiger partial charge in [0.05, 0.1) is 0 Å². The zero-order valence-electron chi connectivity index (χ0n) is 8.06. The predicted molar refractivity (Wildman–Crippen MR) is 51.2 cm³/mol. The maximum atomic E-state index is 14.3. The first-order chi connectivity index (χ1) is 6.16. The highest BCUT2D eigenvalue weighted by Crippen LogP contribution is 2.56. The summed E-state index contributed by atoms with van der Waals surface area (Å²) in [7, 11) is 0. The molecule has 2 atom stereocenters. The Kier molecular flexibility index (Phi) is 1.46. The van der Waals surface area contributed by atoms with Crippen molar-refractivity contribution in [1.82, 2.24) is 0 Å². The van der Waals surface area contributed by atoms with Crippen LogP contribution in [0.25, 0.3) is 0 Å². The molecule has 4 rings (SSSR count). The molecule has 2 unspecified atom stereocenters. The summed E-state index contributed by atoms with van der Waals surface area (Å²) in [5.74, 6) is 1.88. The van der Waals surface area contributed by atoms with Crippen LogP contribution in [0.4, 0.5) is 4.39 Å². The summed E-state index contributed by atoms with van der Waals surface area (Å²) in [6, 6.07) is 0. The van der Waals surface area contributed by atoms with Gasteiger partial charge in [0.15, 0.2) is 0 Å². The molecule has 0 heterocycles. The maximum absolute atomic E-state index is 14.3. The van der Waals surface area contributed by atoms with E-state index in [0.29, 0.717) is 11.8 Å². The lowest BCUT2D eigenvalue weighted by Crippen LogP contribution is -2.37. The van der Waals surface area contributed by atoms with Gasteiger partial charge < -0.3 is 0 Å². The van der Waals surface area contributed by atoms with E-state index in [0.717, 1.165) is 31.6 Å². The van der Waals surface area contributed by atoms with Crippen molar-refractivity contribution in [2.24, 2.45) is 17.8 Å². The van der Waals surface area contributed by atoms with E-state index >= 15 is 0 Å². The molecule has 0 aliphatic heterocycles. The third-order valence-corrected chi connectivity index (χ3v) is 4.51. The minimum absolute atomic E-state index is 0.532. The van der Waals surface area contributed by atoms with Crippen molar-refractivity contribution < 1.29 is 4.39 Å². The highest BCUT2D eigenvalue weighted by Gasteiger charge is 2.49. The molecule has 0 saturated heterocycles. The van der Waals surface area contributed by atoms with Crippen molar-refractivity contribution >= 4 is 0 Å². The van der Waals surface area contributed by atoms with Crippen molar-refractivity contribution in [3.05, 3.63) is 12.2 Å². The Morgan fingerprint density at radius 1 is 1.23 bits per heavy atom. The smallest absolute Gasteiger partial charge is 0.112 e. The van der Waals surface area contributed by atoms with Crippen molar-refractivity contribution in [2.75, 3.05) is 0 Å². The quantitative estimate of drug-likeness (QED) is 0.501. The number of fused-ring (bicyclic) bond motifs is 1. The number of halogens is 1. The molecule has 72 valence electrons. The van der Waals surface area contributed by atoms with Gasteiger partial charge in [-0.25, -0.2) is 4.39 Å². The largest absolute Gasteiger partial charge is 0.244 e. The van der Waals surface area contributed by atoms with Crippen LogP contribution in [0.3, 0.4) is 0 Å². The molecule has 4 aliphatic rings. The van der Waals surface area contributed by atoms with E-state index in [1.807, 2.05) is 0 Å². The van der Waals surface area contributed by atoms with Crippen LogP contribution in [0.5, 0.6) is 0 Å². The predicted octanol–water partition coefficient (Wildman–Crippen LogP) is 3.48. The van der Waals surface area contributed by atoms with Crippen molar-refractivity contribution in [3.63, 3.8) is 0 Å². The van der Waals surface area contributed by atoms with Gasteiger partial charge >= 0.3 is 0 Å². The molecule has 4 bridgehead atoms. The van der Waals surface area contributed by atoms with Gasteiger partial charge in [0.25, 0.3) is 0 Å². The molecule has 0 amide bonds. The fourth-order valence-electron chi connectivity index (χ4n) is 3.84. The third kappa shape index (κ3) is 1.09. The summed E-state index contributed by atoms with van der Waals surface area (Å²) in [6.07, 6.45) is 6.02. The molecule has 4 aliphatic carbocycles. The molecule has 4 fully saturated rings. The Bertz CT molecular complexity index is 238. The summed E-state index contributed by atoms with van der Waals surface area (Å²) < 4.78 is 14.3. The second-order valence-electron chi connectivity index (χ2n) is 5.40. The summed E-state index contributed by atoms with van der Waals surface area (Å²) in [5, 5.41) is 0. The maximum Gasteiger partial charge on any atom is 0.112 e. The Balaban J connectivity index is 2.00. The molecular weight excluding hydrogens is 163 g/mol. The average molecular weight is 180 g/mol. The normalized spacial score (nSPS) is 53.9. The Morgan fingerprint density at radius 3 is 2.46 bits per heavy atom. The topological polar surface area (TPSA) is 0 Å². The van der Waals surface area contributed by atoms with Gasteiger partial charge in [-0.3, -0.25) is 0 Å². The van der Waals surface area contributed by atoms with Crippen molar-refractivity contribution in [1.29, 1.82) is 0 Å². The number of rotatable bonds is 0. The first kappa shape index (κ1) is 8.02. The summed E-state index contributed by atoms with van der Waals surface area (Å²) in [5.41, 5.74) is 0.577. The second-order valence-corrected chi connectivity index (χ2v) is 5.40. The minimum Gasteiger partial charge on any atom is -0.244 e. The van der Waals surface area contributed by atoms with Gasteiger partial charge in [0, 0.05) is 0 Å². The molecule has 0 aromatic heterocycles. The fraction of sp³-hybridized carbons (Fsp3) is 0.833. The van der Waals surface area contributed by atoms with E-state index in [-0.39, 0.29) is 0 Å². The van der Waals surface area contributed by atoms with E-state index < -0.39 is 5.67 Å². The van der Waals surface area contributed by atoms with Gasteiger partial charge in [-0.1, -0.05) is 12.2 Å². The minimum atomic E-state index is -0.804. The van der Waals surface area contributed by atoms with Gasteiger partial charge in [-0.05, 0) is 56.3 Å². The molecule has 0 radical (unpaired) electrons. The summed E-state index contributed by atoms with van der Waals surface area (Å²) >= 11 is 0. The summed E-state index contributed by atoms with van der Waals surface area (Å²) in [6.45, 7) is 4.16. The Morgan fingerprint density at radius 2 is 1.85 bits per heavy atom. The van der Waals surface area contributed by atoms with Crippen molar-refractivity contribution in [3.8, 4) is 0 Å². The highest BCUT2D eigenvalue weighted by atomic mass is 19.1. The van der Waals surface area contributed by atoms with Crippen LogP contribution < -0.4 is 0 Å². The number of alkyl halides is 1. The number of hydrogen-bond donors (Lipinski definition) is 0. The molecule has 1 heteroatoms. The molecule has 0 N–H and O–H groups in total. The van der Waals surface area contributed by atoms with Gasteiger partial charge in [-0.2, -0.15) is 0 Å². The lowest BCUT2D eigenvalue weighted by Gasteiger charge is -2.43. The molecule has 0 spiro atoms. The van der Waals surface area contributed by atoms with Crippen LogP contribution in [-0.4, -0.2) is 5.67 Å². The van der Waals surface area contributed by atoms with E-state index in [1.54, 1.807) is 0 Å². The summed E-state index contributed by atoms with van der Waals surface area (Å²) in [4.78, 5) is 0. The van der Waals surface area contributed by atoms with Gasteiger partial charge in [0.1, 0.15) is 5.67 Å². The lowest BCUT2D eigenvalue weighted by molar-refractivity contribution is 0.0671. The van der Waals surface area contributed by atoms with E-state index in [2.05, 4.69) is 6.58 Å². The van der Waals surface area contributed by atoms with Gasteiger partial charge in [0.2, 0.25) is 0 Å². The van der Waals surface area contributed by atoms with Crippen LogP contribution >= 0.6 is 0 Å². The number of hydrogen-bond acceptors (Lipinski definition) is 0. The van der Waals surface area contributed by atoms with Crippen LogP contribution in [0, 0.1) is 17.8 Å².